The van der Waals surface area contributed by atoms with Gasteiger partial charge >= 0.3 is 18.2 Å². The average Bonchev–Trinajstić information content (AvgIpc) is 3.09. The van der Waals surface area contributed by atoms with Crippen LogP contribution in [0.5, 0.6) is 0 Å². The van der Waals surface area contributed by atoms with Gasteiger partial charge in [0.25, 0.3) is 0 Å². The zero-order valence-corrected chi connectivity index (χ0v) is 18.5. The summed E-state index contributed by atoms with van der Waals surface area (Å²) in [6.45, 7) is -0.0985. The minimum absolute atomic E-state index is 0.0985. The smallest absolute Gasteiger partial charge is 0.416 e. The van der Waals surface area contributed by atoms with Gasteiger partial charge in [-0.25, -0.2) is 9.59 Å². The Morgan fingerprint density at radius 3 is 2.12 bits per heavy atom. The van der Waals surface area contributed by atoms with E-state index in [2.05, 4.69) is 21.2 Å². The molecule has 0 bridgehead atoms. The lowest BCUT2D eigenvalue weighted by molar-refractivity contribution is -0.142. The topological polar surface area (TPSA) is 75.6 Å². The summed E-state index contributed by atoms with van der Waals surface area (Å²) in [4.78, 5) is 24.2. The molecule has 2 N–H and O–H groups in total. The van der Waals surface area contributed by atoms with E-state index in [9.17, 15) is 27.9 Å². The number of carboxylic acids is 1. The van der Waals surface area contributed by atoms with Gasteiger partial charge in [0.2, 0.25) is 0 Å². The third kappa shape index (κ3) is 4.59. The highest BCUT2D eigenvalue weighted by Gasteiger charge is 2.38. The summed E-state index contributed by atoms with van der Waals surface area (Å²) in [6, 6.07) is 16.4. The molecule has 5 nitrogen and oxygen atoms in total. The summed E-state index contributed by atoms with van der Waals surface area (Å²) >= 11 is 2.96. The number of benzene rings is 3. The standard InChI is InChI=1S/C24H17BrF3NO4/c25-13-9-10-18(20(11-13)24(26,27)28)21(22(30)31)29-23(32)33-12-19-16-7-3-1-5-14(16)15-6-2-4-8-17(15)19/h1-11,19,21H,12H2,(H,29,32)(H,30,31). The largest absolute Gasteiger partial charge is 0.479 e. The first kappa shape index (κ1) is 22.8. The van der Waals surface area contributed by atoms with Gasteiger partial charge in [-0.2, -0.15) is 13.2 Å². The summed E-state index contributed by atoms with van der Waals surface area (Å²) in [5.74, 6) is -1.92. The number of carbonyl (C=O) groups is 2. The number of halogens is 4. The number of carbonyl (C=O) groups excluding carboxylic acids is 1. The number of nitrogens with one attached hydrogen (secondary N) is 1. The molecule has 1 amide bonds. The fourth-order valence-electron chi connectivity index (χ4n) is 4.06. The lowest BCUT2D eigenvalue weighted by atomic mass is 9.98. The van der Waals surface area contributed by atoms with Crippen LogP contribution in [0.4, 0.5) is 18.0 Å². The summed E-state index contributed by atoms with van der Waals surface area (Å²) < 4.78 is 45.8. The van der Waals surface area contributed by atoms with Crippen LogP contribution < -0.4 is 5.32 Å². The van der Waals surface area contributed by atoms with Gasteiger partial charge in [0.05, 0.1) is 5.56 Å². The molecule has 0 aromatic heterocycles. The molecule has 0 radical (unpaired) electrons. The molecule has 1 unspecified atom stereocenters. The zero-order chi connectivity index (χ0) is 23.8. The van der Waals surface area contributed by atoms with Gasteiger partial charge in [-0.05, 0) is 39.9 Å². The Balaban J connectivity index is 1.54. The van der Waals surface area contributed by atoms with Crippen molar-refractivity contribution in [3.8, 4) is 11.1 Å². The number of fused-ring (bicyclic) bond motifs is 3. The normalized spacial score (nSPS) is 13.7. The summed E-state index contributed by atoms with van der Waals surface area (Å²) in [5.41, 5.74) is 2.17. The van der Waals surface area contributed by atoms with Gasteiger partial charge in [0, 0.05) is 10.4 Å². The molecule has 170 valence electrons. The maximum absolute atomic E-state index is 13.5. The van der Waals surface area contributed by atoms with E-state index in [1.165, 1.54) is 6.07 Å². The molecule has 3 aromatic rings. The number of carboxylic acid groups (broad SMARTS) is 1. The van der Waals surface area contributed by atoms with Crippen molar-refractivity contribution in [3.05, 3.63) is 93.5 Å². The van der Waals surface area contributed by atoms with Gasteiger partial charge in [0.15, 0.2) is 6.04 Å². The van der Waals surface area contributed by atoms with E-state index in [0.717, 1.165) is 34.4 Å². The van der Waals surface area contributed by atoms with Crippen LogP contribution in [-0.2, 0) is 15.7 Å². The summed E-state index contributed by atoms with van der Waals surface area (Å²) in [5, 5.41) is 11.6. The van der Waals surface area contributed by atoms with Crippen LogP contribution in [0.1, 0.15) is 34.2 Å². The molecule has 4 rings (SSSR count). The predicted octanol–water partition coefficient (Wildman–Crippen LogP) is 6.13. The maximum atomic E-state index is 13.5. The van der Waals surface area contributed by atoms with Crippen LogP contribution in [0.25, 0.3) is 11.1 Å². The highest BCUT2D eigenvalue weighted by molar-refractivity contribution is 9.10. The first-order chi connectivity index (χ1) is 15.7. The number of alkyl halides is 3. The quantitative estimate of drug-likeness (QED) is 0.425. The van der Waals surface area contributed by atoms with E-state index in [4.69, 9.17) is 4.74 Å². The van der Waals surface area contributed by atoms with Gasteiger partial charge in [-0.15, -0.1) is 0 Å². The Morgan fingerprint density at radius 2 is 1.58 bits per heavy atom. The Labute approximate surface area is 195 Å². The summed E-state index contributed by atoms with van der Waals surface area (Å²) in [6.07, 6.45) is -5.93. The third-order valence-electron chi connectivity index (χ3n) is 5.48. The highest BCUT2D eigenvalue weighted by atomic mass is 79.9. The minimum Gasteiger partial charge on any atom is -0.479 e. The number of hydrogen-bond donors (Lipinski definition) is 2. The van der Waals surface area contributed by atoms with Crippen molar-refractivity contribution in [2.75, 3.05) is 6.61 Å². The van der Waals surface area contributed by atoms with Gasteiger partial charge in [-0.3, -0.25) is 0 Å². The van der Waals surface area contributed by atoms with Crippen LogP contribution in [0, 0.1) is 0 Å². The van der Waals surface area contributed by atoms with Crippen LogP contribution in [-0.4, -0.2) is 23.8 Å². The van der Waals surface area contributed by atoms with Gasteiger partial charge in [0.1, 0.15) is 6.61 Å². The van der Waals surface area contributed by atoms with E-state index in [1.807, 2.05) is 48.5 Å². The number of amides is 1. The molecule has 1 atom stereocenters. The fourth-order valence-corrected chi connectivity index (χ4v) is 4.42. The number of rotatable bonds is 5. The Morgan fingerprint density at radius 1 is 1.00 bits per heavy atom. The second-order valence-electron chi connectivity index (χ2n) is 7.47. The van der Waals surface area contributed by atoms with E-state index in [0.29, 0.717) is 0 Å². The van der Waals surface area contributed by atoms with Crippen LogP contribution in [0.15, 0.2) is 71.2 Å². The Bertz CT molecular complexity index is 1180. The highest BCUT2D eigenvalue weighted by Crippen LogP contribution is 2.44. The van der Waals surface area contributed by atoms with Crippen molar-refractivity contribution in [1.29, 1.82) is 0 Å². The van der Waals surface area contributed by atoms with Gasteiger partial charge in [-0.1, -0.05) is 70.5 Å². The van der Waals surface area contributed by atoms with Gasteiger partial charge < -0.3 is 15.2 Å². The van der Waals surface area contributed by atoms with Crippen LogP contribution >= 0.6 is 15.9 Å². The van der Waals surface area contributed by atoms with Crippen LogP contribution in [0.2, 0.25) is 0 Å². The molecule has 9 heteroatoms. The lowest BCUT2D eigenvalue weighted by Gasteiger charge is -2.21. The van der Waals surface area contributed by atoms with Crippen molar-refractivity contribution in [2.24, 2.45) is 0 Å². The van der Waals surface area contributed by atoms with Crippen molar-refractivity contribution in [3.63, 3.8) is 0 Å². The average molecular weight is 520 g/mol. The zero-order valence-electron chi connectivity index (χ0n) is 16.9. The van der Waals surface area contributed by atoms with Crippen LogP contribution in [0.3, 0.4) is 0 Å². The Hall–Kier alpha value is -3.33. The molecule has 1 aliphatic carbocycles. The van der Waals surface area contributed by atoms with E-state index in [-0.39, 0.29) is 17.0 Å². The van der Waals surface area contributed by atoms with E-state index in [1.54, 1.807) is 0 Å². The molecule has 1 aliphatic rings. The second-order valence-corrected chi connectivity index (χ2v) is 8.39. The summed E-state index contributed by atoms with van der Waals surface area (Å²) in [7, 11) is 0. The number of ether oxygens (including phenoxy) is 1. The Kier molecular flexibility index (Phi) is 6.16. The molecule has 3 aromatic carbocycles. The molecule has 33 heavy (non-hydrogen) atoms. The molecule has 0 fully saturated rings. The second kappa shape index (κ2) is 8.90. The maximum Gasteiger partial charge on any atom is 0.416 e. The fraction of sp³-hybridized carbons (Fsp3) is 0.167. The first-order valence-electron chi connectivity index (χ1n) is 9.87. The molecule has 0 saturated carbocycles. The van der Waals surface area contributed by atoms with E-state index < -0.39 is 35.4 Å². The van der Waals surface area contributed by atoms with E-state index >= 15 is 0 Å². The minimum atomic E-state index is -4.81. The molecule has 0 aliphatic heterocycles. The molecule has 0 saturated heterocycles. The number of aliphatic carboxylic acids is 1. The van der Waals surface area contributed by atoms with Crippen molar-refractivity contribution in [2.45, 2.75) is 18.1 Å². The first-order valence-corrected chi connectivity index (χ1v) is 10.7. The number of alkyl carbamates (subject to hydrolysis) is 1. The predicted molar refractivity (Wildman–Crippen MR) is 118 cm³/mol. The monoisotopic (exact) mass is 519 g/mol. The van der Waals surface area contributed by atoms with Crippen molar-refractivity contribution < 1.29 is 32.6 Å². The third-order valence-corrected chi connectivity index (χ3v) is 5.98. The van der Waals surface area contributed by atoms with Crippen molar-refractivity contribution in [1.82, 2.24) is 5.32 Å². The molecular formula is C24H17BrF3NO4. The molecule has 0 heterocycles. The molecule has 0 spiro atoms. The van der Waals surface area contributed by atoms with Crippen molar-refractivity contribution >= 4 is 28.0 Å². The number of hydrogen-bond acceptors (Lipinski definition) is 3. The lowest BCUT2D eigenvalue weighted by Crippen LogP contribution is -2.36. The molecular weight excluding hydrogens is 503 g/mol. The SMILES string of the molecule is O=C(NC(C(=O)O)c1ccc(Br)cc1C(F)(F)F)OCC1c2ccccc2-c2ccccc21.